The second-order valence-electron chi connectivity index (χ2n) is 6.91. The Morgan fingerprint density at radius 2 is 2.23 bits per heavy atom. The molecule has 2 atom stereocenters. The van der Waals surface area contributed by atoms with Crippen molar-refractivity contribution in [1.82, 2.24) is 5.32 Å². The second-order valence-corrected chi connectivity index (χ2v) is 6.91. The van der Waals surface area contributed by atoms with E-state index in [1.165, 1.54) is 0 Å². The molecule has 2 N–H and O–H groups in total. The molecule has 1 aromatic rings. The van der Waals surface area contributed by atoms with Gasteiger partial charge in [-0.2, -0.15) is 0 Å². The van der Waals surface area contributed by atoms with Crippen molar-refractivity contribution < 1.29 is 19.1 Å². The Labute approximate surface area is 153 Å². The molecule has 1 aromatic carbocycles. The van der Waals surface area contributed by atoms with Gasteiger partial charge in [-0.1, -0.05) is 13.3 Å². The average Bonchev–Trinajstić information content (AvgIpc) is 3.10. The first-order chi connectivity index (χ1) is 12.5. The molecule has 0 saturated carbocycles. The van der Waals surface area contributed by atoms with Crippen LogP contribution in [-0.2, 0) is 14.3 Å². The molecular weight excluding hydrogens is 334 g/mol. The van der Waals surface area contributed by atoms with Crippen molar-refractivity contribution in [3.05, 3.63) is 23.8 Å². The summed E-state index contributed by atoms with van der Waals surface area (Å²) in [5.74, 6) is -0.931. The Kier molecular flexibility index (Phi) is 5.44. The Bertz CT molecular complexity index is 719. The number of hydrogen-bond donors (Lipinski definition) is 2. The fourth-order valence-corrected chi connectivity index (χ4v) is 3.59. The summed E-state index contributed by atoms with van der Waals surface area (Å²) in [6.45, 7) is 4.48. The molecule has 7 heteroatoms. The topological polar surface area (TPSA) is 87.7 Å². The highest BCUT2D eigenvalue weighted by Gasteiger charge is 2.36. The number of carbonyl (C=O) groups is 3. The minimum Gasteiger partial charge on any atom is -0.452 e. The maximum absolute atomic E-state index is 12.2. The molecule has 0 unspecified atom stereocenters. The van der Waals surface area contributed by atoms with Crippen molar-refractivity contribution in [3.8, 4) is 0 Å². The molecule has 0 bridgehead atoms. The monoisotopic (exact) mass is 359 g/mol. The van der Waals surface area contributed by atoms with E-state index >= 15 is 0 Å². The lowest BCUT2D eigenvalue weighted by Crippen LogP contribution is -2.43. The predicted molar refractivity (Wildman–Crippen MR) is 98.2 cm³/mol. The van der Waals surface area contributed by atoms with Gasteiger partial charge in [0.1, 0.15) is 6.04 Å². The number of benzene rings is 1. The highest BCUT2D eigenvalue weighted by Crippen LogP contribution is 2.37. The molecule has 0 spiro atoms. The van der Waals surface area contributed by atoms with Gasteiger partial charge in [-0.3, -0.25) is 9.59 Å². The van der Waals surface area contributed by atoms with Crippen LogP contribution in [0.3, 0.4) is 0 Å². The molecule has 1 saturated heterocycles. The first kappa shape index (κ1) is 18.2. The van der Waals surface area contributed by atoms with Gasteiger partial charge in [0.15, 0.2) is 6.61 Å². The standard InChI is InChI=1S/C19H25N3O4/c1-3-5-12(2)20-17(23)11-26-19(25)13-7-8-15-14(10-13)21-18(24)16-6-4-9-22(15)16/h7-8,10,12,16H,3-6,9,11H2,1-2H3,(H,20,23)(H,21,24)/t12-,16-/m1/s1. The van der Waals surface area contributed by atoms with E-state index in [1.54, 1.807) is 12.1 Å². The van der Waals surface area contributed by atoms with Gasteiger partial charge in [-0.15, -0.1) is 0 Å². The van der Waals surface area contributed by atoms with Crippen LogP contribution in [0.5, 0.6) is 0 Å². The van der Waals surface area contributed by atoms with E-state index in [2.05, 4.69) is 15.5 Å². The number of rotatable bonds is 6. The van der Waals surface area contributed by atoms with E-state index in [9.17, 15) is 14.4 Å². The summed E-state index contributed by atoms with van der Waals surface area (Å²) in [6.07, 6.45) is 3.68. The quantitative estimate of drug-likeness (QED) is 0.759. The molecule has 2 heterocycles. The van der Waals surface area contributed by atoms with Crippen molar-refractivity contribution >= 4 is 29.2 Å². The number of carbonyl (C=O) groups excluding carboxylic acids is 3. The molecular formula is C19H25N3O4. The number of hydrogen-bond acceptors (Lipinski definition) is 5. The molecule has 0 radical (unpaired) electrons. The summed E-state index contributed by atoms with van der Waals surface area (Å²) in [4.78, 5) is 38.3. The van der Waals surface area contributed by atoms with Crippen molar-refractivity contribution in [3.63, 3.8) is 0 Å². The third-order valence-corrected chi connectivity index (χ3v) is 4.82. The minimum absolute atomic E-state index is 0.0372. The SMILES string of the molecule is CCC[C@@H](C)NC(=O)COC(=O)c1ccc2c(c1)NC(=O)[C@H]1CCCN21. The molecule has 1 fully saturated rings. The van der Waals surface area contributed by atoms with Gasteiger partial charge >= 0.3 is 5.97 Å². The van der Waals surface area contributed by atoms with E-state index in [-0.39, 0.29) is 30.5 Å². The fraction of sp³-hybridized carbons (Fsp3) is 0.526. The number of amides is 2. The van der Waals surface area contributed by atoms with Crippen molar-refractivity contribution in [2.45, 2.75) is 51.6 Å². The van der Waals surface area contributed by atoms with Crippen molar-refractivity contribution in [2.75, 3.05) is 23.4 Å². The summed E-state index contributed by atoms with van der Waals surface area (Å²) < 4.78 is 5.10. The molecule has 0 aliphatic carbocycles. The van der Waals surface area contributed by atoms with Gasteiger partial charge in [0, 0.05) is 12.6 Å². The van der Waals surface area contributed by atoms with Crippen LogP contribution in [0.2, 0.25) is 0 Å². The molecule has 7 nitrogen and oxygen atoms in total. The van der Waals surface area contributed by atoms with Crippen LogP contribution in [0.15, 0.2) is 18.2 Å². The van der Waals surface area contributed by atoms with Gasteiger partial charge in [-0.05, 0) is 44.4 Å². The highest BCUT2D eigenvalue weighted by molar-refractivity contribution is 6.05. The lowest BCUT2D eigenvalue weighted by Gasteiger charge is -2.33. The summed E-state index contributed by atoms with van der Waals surface area (Å²) >= 11 is 0. The zero-order chi connectivity index (χ0) is 18.7. The molecule has 2 aliphatic heterocycles. The Hall–Kier alpha value is -2.57. The lowest BCUT2D eigenvalue weighted by atomic mass is 10.1. The first-order valence-electron chi connectivity index (χ1n) is 9.17. The third kappa shape index (κ3) is 3.81. The van der Waals surface area contributed by atoms with Gasteiger partial charge in [-0.25, -0.2) is 4.79 Å². The summed E-state index contributed by atoms with van der Waals surface area (Å²) in [5.41, 5.74) is 1.86. The third-order valence-electron chi connectivity index (χ3n) is 4.82. The number of nitrogens with one attached hydrogen (secondary N) is 2. The fourth-order valence-electron chi connectivity index (χ4n) is 3.59. The zero-order valence-electron chi connectivity index (χ0n) is 15.2. The van der Waals surface area contributed by atoms with E-state index in [0.717, 1.165) is 37.9 Å². The van der Waals surface area contributed by atoms with Crippen molar-refractivity contribution in [2.24, 2.45) is 0 Å². The number of anilines is 2. The van der Waals surface area contributed by atoms with Gasteiger partial charge < -0.3 is 20.3 Å². The van der Waals surface area contributed by atoms with Gasteiger partial charge in [0.25, 0.3) is 5.91 Å². The van der Waals surface area contributed by atoms with E-state index in [1.807, 2.05) is 19.9 Å². The molecule has 140 valence electrons. The van der Waals surface area contributed by atoms with Crippen LogP contribution in [-0.4, -0.2) is 43.0 Å². The largest absolute Gasteiger partial charge is 0.452 e. The van der Waals surface area contributed by atoms with Gasteiger partial charge in [0.2, 0.25) is 5.91 Å². The normalized spacial score (nSPS) is 19.2. The van der Waals surface area contributed by atoms with Crippen LogP contribution >= 0.6 is 0 Å². The van der Waals surface area contributed by atoms with E-state index < -0.39 is 5.97 Å². The predicted octanol–water partition coefficient (Wildman–Crippen LogP) is 2.07. The first-order valence-corrected chi connectivity index (χ1v) is 9.17. The van der Waals surface area contributed by atoms with Crippen LogP contribution in [0, 0.1) is 0 Å². The number of nitrogens with zero attached hydrogens (tertiary/aromatic N) is 1. The van der Waals surface area contributed by atoms with E-state index in [4.69, 9.17) is 4.74 Å². The summed E-state index contributed by atoms with van der Waals surface area (Å²) in [6, 6.07) is 5.05. The summed E-state index contributed by atoms with van der Waals surface area (Å²) in [7, 11) is 0. The molecule has 2 aliphatic rings. The number of fused-ring (bicyclic) bond motifs is 3. The Balaban J connectivity index is 1.62. The number of esters is 1. The van der Waals surface area contributed by atoms with E-state index in [0.29, 0.717) is 11.3 Å². The van der Waals surface area contributed by atoms with Crippen molar-refractivity contribution in [1.29, 1.82) is 0 Å². The molecule has 0 aromatic heterocycles. The zero-order valence-corrected chi connectivity index (χ0v) is 15.2. The minimum atomic E-state index is -0.580. The van der Waals surface area contributed by atoms with Crippen LogP contribution in [0.4, 0.5) is 11.4 Å². The molecule has 3 rings (SSSR count). The van der Waals surface area contributed by atoms with Crippen LogP contribution in [0.25, 0.3) is 0 Å². The van der Waals surface area contributed by atoms with Crippen LogP contribution in [0.1, 0.15) is 49.9 Å². The van der Waals surface area contributed by atoms with Crippen LogP contribution < -0.4 is 15.5 Å². The maximum Gasteiger partial charge on any atom is 0.338 e. The summed E-state index contributed by atoms with van der Waals surface area (Å²) in [5, 5.41) is 5.65. The molecule has 26 heavy (non-hydrogen) atoms. The maximum atomic E-state index is 12.2. The Morgan fingerprint density at radius 1 is 1.42 bits per heavy atom. The highest BCUT2D eigenvalue weighted by atomic mass is 16.5. The average molecular weight is 359 g/mol. The lowest BCUT2D eigenvalue weighted by molar-refractivity contribution is -0.124. The van der Waals surface area contributed by atoms with Gasteiger partial charge in [0.05, 0.1) is 16.9 Å². The second kappa shape index (κ2) is 7.76. The smallest absolute Gasteiger partial charge is 0.338 e. The molecule has 2 amide bonds. The Morgan fingerprint density at radius 3 is 3.00 bits per heavy atom. The number of ether oxygens (including phenoxy) is 1.